The van der Waals surface area contributed by atoms with E-state index in [0.717, 1.165) is 6.54 Å². The van der Waals surface area contributed by atoms with Crippen LogP contribution in [0.3, 0.4) is 0 Å². The van der Waals surface area contributed by atoms with Crippen molar-refractivity contribution in [3.05, 3.63) is 33.1 Å². The molecule has 1 N–H and O–H groups in total. The van der Waals surface area contributed by atoms with E-state index in [1.165, 1.54) is 18.2 Å². The topological polar surface area (TPSA) is 32.3 Å². The van der Waals surface area contributed by atoms with Crippen molar-refractivity contribution in [3.8, 4) is 0 Å². The number of rotatable bonds is 4. The van der Waals surface area contributed by atoms with Crippen molar-refractivity contribution in [2.24, 2.45) is 0 Å². The predicted octanol–water partition coefficient (Wildman–Crippen LogP) is 2.11. The Morgan fingerprint density at radius 1 is 1.53 bits per heavy atom. The Labute approximate surface area is 115 Å². The second-order valence-corrected chi connectivity index (χ2v) is 5.42. The van der Waals surface area contributed by atoms with Gasteiger partial charge in [0, 0.05) is 16.2 Å². The van der Waals surface area contributed by atoms with Crippen molar-refractivity contribution in [1.29, 1.82) is 0 Å². The minimum absolute atomic E-state index is 0.0540. The molecule has 0 saturated carbocycles. The van der Waals surface area contributed by atoms with Crippen LogP contribution in [-0.4, -0.2) is 37.5 Å². The second-order valence-electron chi connectivity index (χ2n) is 4.26. The number of carbonyl (C=O) groups excluding carboxylic acids is 1. The number of hydrogen-bond donors (Lipinski definition) is 1. The molecule has 1 aromatic rings. The Morgan fingerprint density at radius 2 is 2.18 bits per heavy atom. The van der Waals surface area contributed by atoms with Gasteiger partial charge in [0.25, 0.3) is 5.91 Å². The van der Waals surface area contributed by atoms with Gasteiger partial charge >= 0.3 is 0 Å². The molecule has 0 bridgehead atoms. The first kappa shape index (κ1) is 14.4. The van der Waals surface area contributed by atoms with Gasteiger partial charge in [0.1, 0.15) is 5.82 Å². The standard InChI is InChI=1S/C12H16FIN2O/c1-8(7-16(2)3)15-12(17)10-5-4-9(13)6-11(10)14/h4-6,8H,7H2,1-3H3,(H,15,17). The van der Waals surface area contributed by atoms with Crippen molar-refractivity contribution in [1.82, 2.24) is 10.2 Å². The van der Waals surface area contributed by atoms with Crippen LogP contribution in [0.2, 0.25) is 0 Å². The van der Waals surface area contributed by atoms with E-state index in [2.05, 4.69) is 5.32 Å². The molecule has 0 saturated heterocycles. The quantitative estimate of drug-likeness (QED) is 0.844. The number of likely N-dealkylation sites (N-methyl/N-ethyl adjacent to an activating group) is 1. The summed E-state index contributed by atoms with van der Waals surface area (Å²) in [5.74, 6) is -0.490. The molecule has 0 aliphatic heterocycles. The lowest BCUT2D eigenvalue weighted by molar-refractivity contribution is 0.0933. The fourth-order valence-electron chi connectivity index (χ4n) is 1.57. The average molecular weight is 350 g/mol. The highest BCUT2D eigenvalue weighted by molar-refractivity contribution is 14.1. The van der Waals surface area contributed by atoms with Crippen molar-refractivity contribution in [2.45, 2.75) is 13.0 Å². The van der Waals surface area contributed by atoms with Gasteiger partial charge in [-0.1, -0.05) is 0 Å². The van der Waals surface area contributed by atoms with Crippen molar-refractivity contribution < 1.29 is 9.18 Å². The number of amides is 1. The number of hydrogen-bond acceptors (Lipinski definition) is 2. The number of benzene rings is 1. The first-order chi connectivity index (χ1) is 7.90. The van der Waals surface area contributed by atoms with Gasteiger partial charge in [-0.15, -0.1) is 0 Å². The number of carbonyl (C=O) groups is 1. The maximum atomic E-state index is 12.9. The van der Waals surface area contributed by atoms with Crippen LogP contribution in [0.5, 0.6) is 0 Å². The van der Waals surface area contributed by atoms with E-state index >= 15 is 0 Å². The van der Waals surface area contributed by atoms with E-state index in [1.54, 1.807) is 0 Å². The molecule has 1 unspecified atom stereocenters. The maximum absolute atomic E-state index is 12.9. The molecule has 1 amide bonds. The van der Waals surface area contributed by atoms with Gasteiger partial charge in [0.15, 0.2) is 0 Å². The fourth-order valence-corrected chi connectivity index (χ4v) is 2.29. The third kappa shape index (κ3) is 4.59. The normalized spacial score (nSPS) is 12.6. The summed E-state index contributed by atoms with van der Waals surface area (Å²) in [6.07, 6.45) is 0. The summed E-state index contributed by atoms with van der Waals surface area (Å²) in [6.45, 7) is 2.71. The SMILES string of the molecule is CC(CN(C)C)NC(=O)c1ccc(F)cc1I. The fraction of sp³-hybridized carbons (Fsp3) is 0.417. The largest absolute Gasteiger partial charge is 0.348 e. The van der Waals surface area contributed by atoms with Gasteiger partial charge in [-0.05, 0) is 61.8 Å². The first-order valence-electron chi connectivity index (χ1n) is 5.31. The van der Waals surface area contributed by atoms with Gasteiger partial charge in [-0.2, -0.15) is 0 Å². The molecule has 0 aliphatic carbocycles. The third-order valence-corrected chi connectivity index (χ3v) is 3.08. The first-order valence-corrected chi connectivity index (χ1v) is 6.38. The minimum atomic E-state index is -0.327. The van der Waals surface area contributed by atoms with Crippen LogP contribution in [0.4, 0.5) is 4.39 Å². The smallest absolute Gasteiger partial charge is 0.252 e. The summed E-state index contributed by atoms with van der Waals surface area (Å²) in [5, 5.41) is 2.88. The highest BCUT2D eigenvalue weighted by atomic mass is 127. The maximum Gasteiger partial charge on any atom is 0.252 e. The molecule has 5 heteroatoms. The van der Waals surface area contributed by atoms with E-state index in [0.29, 0.717) is 9.13 Å². The monoisotopic (exact) mass is 350 g/mol. The molecule has 1 atom stereocenters. The molecule has 94 valence electrons. The van der Waals surface area contributed by atoms with Crippen LogP contribution >= 0.6 is 22.6 Å². The van der Waals surface area contributed by atoms with Crippen LogP contribution in [0.15, 0.2) is 18.2 Å². The van der Waals surface area contributed by atoms with E-state index < -0.39 is 0 Å². The Kier molecular flexibility index (Phi) is 5.32. The third-order valence-electron chi connectivity index (χ3n) is 2.19. The van der Waals surface area contributed by atoms with Crippen molar-refractivity contribution in [3.63, 3.8) is 0 Å². The lowest BCUT2D eigenvalue weighted by Gasteiger charge is -2.18. The Morgan fingerprint density at radius 3 is 2.71 bits per heavy atom. The van der Waals surface area contributed by atoms with Crippen LogP contribution in [0.1, 0.15) is 17.3 Å². The lowest BCUT2D eigenvalue weighted by Crippen LogP contribution is -2.39. The number of halogens is 2. The van der Waals surface area contributed by atoms with Crippen LogP contribution in [0.25, 0.3) is 0 Å². The van der Waals surface area contributed by atoms with E-state index in [9.17, 15) is 9.18 Å². The molecule has 0 spiro atoms. The van der Waals surface area contributed by atoms with E-state index in [-0.39, 0.29) is 17.8 Å². The molecule has 0 aromatic heterocycles. The molecule has 0 aliphatic rings. The summed E-state index contributed by atoms with van der Waals surface area (Å²) in [4.78, 5) is 13.9. The predicted molar refractivity (Wildman–Crippen MR) is 74.6 cm³/mol. The van der Waals surface area contributed by atoms with Gasteiger partial charge in [-0.25, -0.2) is 4.39 Å². The number of nitrogens with one attached hydrogen (secondary N) is 1. The molecule has 17 heavy (non-hydrogen) atoms. The van der Waals surface area contributed by atoms with Crippen LogP contribution in [0, 0.1) is 9.39 Å². The second kappa shape index (κ2) is 6.30. The zero-order chi connectivity index (χ0) is 13.0. The average Bonchev–Trinajstić information content (AvgIpc) is 2.15. The zero-order valence-electron chi connectivity index (χ0n) is 10.1. The molecule has 3 nitrogen and oxygen atoms in total. The summed E-state index contributed by atoms with van der Waals surface area (Å²) < 4.78 is 13.5. The minimum Gasteiger partial charge on any atom is -0.348 e. The Hall–Kier alpha value is -0.690. The molecule has 1 rings (SSSR count). The summed E-state index contributed by atoms with van der Waals surface area (Å²) >= 11 is 1.96. The Balaban J connectivity index is 2.70. The van der Waals surface area contributed by atoms with Crippen molar-refractivity contribution >= 4 is 28.5 Å². The summed E-state index contributed by atoms with van der Waals surface area (Å²) in [6, 6.07) is 4.22. The van der Waals surface area contributed by atoms with Gasteiger partial charge in [0.05, 0.1) is 5.56 Å². The van der Waals surface area contributed by atoms with Crippen LogP contribution < -0.4 is 5.32 Å². The molecular formula is C12H16FIN2O. The number of nitrogens with zero attached hydrogens (tertiary/aromatic N) is 1. The Bertz CT molecular complexity index is 409. The zero-order valence-corrected chi connectivity index (χ0v) is 12.3. The van der Waals surface area contributed by atoms with Gasteiger partial charge < -0.3 is 10.2 Å². The molecule has 0 radical (unpaired) electrons. The summed E-state index contributed by atoms with van der Waals surface area (Å²) in [5.41, 5.74) is 0.512. The summed E-state index contributed by atoms with van der Waals surface area (Å²) in [7, 11) is 3.90. The highest BCUT2D eigenvalue weighted by Gasteiger charge is 2.13. The van der Waals surface area contributed by atoms with Crippen LogP contribution in [-0.2, 0) is 0 Å². The van der Waals surface area contributed by atoms with E-state index in [4.69, 9.17) is 0 Å². The molecular weight excluding hydrogens is 334 g/mol. The van der Waals surface area contributed by atoms with Gasteiger partial charge in [0.2, 0.25) is 0 Å². The van der Waals surface area contributed by atoms with Crippen molar-refractivity contribution in [2.75, 3.05) is 20.6 Å². The molecule has 0 heterocycles. The molecule has 1 aromatic carbocycles. The van der Waals surface area contributed by atoms with Gasteiger partial charge in [-0.3, -0.25) is 4.79 Å². The van der Waals surface area contributed by atoms with E-state index in [1.807, 2.05) is 48.5 Å². The lowest BCUT2D eigenvalue weighted by atomic mass is 10.2. The molecule has 0 fully saturated rings. The highest BCUT2D eigenvalue weighted by Crippen LogP contribution is 2.13.